The molecule has 3 aromatic heterocycles. The first kappa shape index (κ1) is 30.4. The van der Waals surface area contributed by atoms with Crippen molar-refractivity contribution in [2.75, 3.05) is 0 Å². The molecular formula is C75H62N4OPtSi-2. The van der Waals surface area contributed by atoms with E-state index in [2.05, 4.69) is 23.4 Å². The van der Waals surface area contributed by atoms with Crippen molar-refractivity contribution in [3.05, 3.63) is 283 Å². The fourth-order valence-corrected chi connectivity index (χ4v) is 14.4. The van der Waals surface area contributed by atoms with Crippen LogP contribution in [0.25, 0.3) is 72.3 Å². The third-order valence-corrected chi connectivity index (χ3v) is 18.3. The molecule has 7 heteroatoms. The molecule has 0 N–H and O–H groups in total. The Labute approximate surface area is 536 Å². The molecule has 3 heterocycles. The van der Waals surface area contributed by atoms with Crippen LogP contribution < -0.4 is 30.1 Å². The molecule has 5 nitrogen and oxygen atoms in total. The van der Waals surface area contributed by atoms with Gasteiger partial charge in [0.1, 0.15) is 5.82 Å². The zero-order valence-corrected chi connectivity index (χ0v) is 48.0. The molecule has 82 heavy (non-hydrogen) atoms. The molecule has 0 spiro atoms. The first-order valence-electron chi connectivity index (χ1n) is 39.6. The van der Waals surface area contributed by atoms with Gasteiger partial charge < -0.3 is 13.9 Å². The van der Waals surface area contributed by atoms with Crippen molar-refractivity contribution in [3.63, 3.8) is 0 Å². The van der Waals surface area contributed by atoms with Crippen molar-refractivity contribution in [2.45, 2.75) is 59.2 Å². The topological polar surface area (TPSA) is 35.9 Å². The Morgan fingerprint density at radius 1 is 0.561 bits per heavy atom. The molecule has 0 aliphatic heterocycles. The second kappa shape index (κ2) is 21.7. The standard InChI is InChI=1S/C75H62N4OSi.Pt/c1-52-44-72(76-50-65(52)54-28-15-9-16-29-54)79-67-39-24-23-38-63(67)64-42-41-59(49-69(64)79)80-58-31-25-30-57(48-58)77-51-78(68-43-40-55(45-70(68)77)53-26-13-8-14-27-53)73-66(75(5,6)7)46-56(74(2,3)4)47-71(73)81(60-32-17-10-18-33-60,61-34-19-11-20-35-61)62-36-21-12-22-37-62;/h8-47,50H,1-7H3;/q-2;/i1D3,8D,9D,10D,11D,12D,13D,14D,15D,16D,17D,18D,19D,20D,21D,22D,26D,27D,28D,29D,32D,33D,34D,35D,36D,37D;. The van der Waals surface area contributed by atoms with Crippen LogP contribution in [-0.4, -0.2) is 22.2 Å². The predicted molar refractivity (Wildman–Crippen MR) is 337 cm³/mol. The van der Waals surface area contributed by atoms with E-state index >= 15 is 0 Å². The molecule has 0 atom stereocenters. The quantitative estimate of drug-likeness (QED) is 0.0560. The maximum atomic E-state index is 10.1. The predicted octanol–water partition coefficient (Wildman–Crippen LogP) is 15.2. The Morgan fingerprint density at radius 3 is 1.79 bits per heavy atom. The van der Waals surface area contributed by atoms with Crippen molar-refractivity contribution in [2.24, 2.45) is 0 Å². The van der Waals surface area contributed by atoms with Crippen LogP contribution in [0.3, 0.4) is 0 Å². The summed E-state index contributed by atoms with van der Waals surface area (Å²) in [5, 5.41) is -1.17. The summed E-state index contributed by atoms with van der Waals surface area (Å²) >= 11 is 0. The summed E-state index contributed by atoms with van der Waals surface area (Å²) < 4.78 is 268. The van der Waals surface area contributed by atoms with Gasteiger partial charge in [0.05, 0.1) is 51.0 Å². The molecule has 0 fully saturated rings. The molecule has 0 radical (unpaired) electrons. The van der Waals surface area contributed by atoms with Gasteiger partial charge in [-0.1, -0.05) is 241 Å². The maximum absolute atomic E-state index is 10.1. The average molecular weight is 1290 g/mol. The smallest absolute Gasteiger partial charge is 0.268 e. The zero-order valence-electron chi connectivity index (χ0n) is 72.8. The van der Waals surface area contributed by atoms with Gasteiger partial charge in [0, 0.05) is 54.0 Å². The van der Waals surface area contributed by atoms with E-state index in [1.54, 1.807) is 59.2 Å². The van der Waals surface area contributed by atoms with Crippen LogP contribution in [-0.2, 0) is 31.9 Å². The molecule has 0 bridgehead atoms. The first-order valence-corrected chi connectivity index (χ1v) is 27.6. The van der Waals surface area contributed by atoms with Crippen molar-refractivity contribution in [3.8, 4) is 50.9 Å². The molecule has 0 aliphatic carbocycles. The SMILES string of the molecule is [2H]c1c([2H])c([2H])c(-c2ccc3c(c2)n(-c2[c-]c(Oc4[c-]c5c(cc4)c4ccccc4n5-c4cc(C([2H])([2H])[2H])c(-c5c([2H])c([2H])c([2H])c([2H])c5[2H])cn4)ccc2)[c-][n+]3-c2c(C(C)(C)C)cc(C(C)(C)C)cc2[Si](c2c([2H])c([2H])c([2H])c([2H])c2[2H])(c2c([2H])c([2H])c([2H])c([2H])c2[2H])c2c([2H])c([2H])c([2H])c([2H])c2[2H])c([2H])c1[2H].[Pt]. The van der Waals surface area contributed by atoms with E-state index in [0.29, 0.717) is 32.9 Å². The van der Waals surface area contributed by atoms with Gasteiger partial charge in [-0.2, -0.15) is 18.2 Å². The molecule has 404 valence electrons. The summed E-state index contributed by atoms with van der Waals surface area (Å²) in [5.41, 5.74) is -1.32. The van der Waals surface area contributed by atoms with E-state index < -0.39 is 192 Å². The third kappa shape index (κ3) is 9.64. The number of fused-ring (bicyclic) bond motifs is 4. The van der Waals surface area contributed by atoms with E-state index in [4.69, 9.17) is 23.9 Å². The molecule has 13 rings (SSSR count). The molecule has 0 saturated heterocycles. The summed E-state index contributed by atoms with van der Waals surface area (Å²) in [6, 6.07) is 10.0. The van der Waals surface area contributed by atoms with Crippen LogP contribution in [0.2, 0.25) is 0 Å². The summed E-state index contributed by atoms with van der Waals surface area (Å²) in [7, 11) is -6.02. The number of pyridine rings is 1. The Bertz CT molecular complexity index is 5830. The van der Waals surface area contributed by atoms with Gasteiger partial charge in [0.25, 0.3) is 6.33 Å². The van der Waals surface area contributed by atoms with E-state index in [1.807, 2.05) is 53.7 Å². The summed E-state index contributed by atoms with van der Waals surface area (Å²) in [4.78, 5) is 4.68. The van der Waals surface area contributed by atoms with Crippen molar-refractivity contribution in [1.82, 2.24) is 14.1 Å². The number of benzene rings is 10. The fourth-order valence-electron chi connectivity index (χ4n) is 10.3. The maximum Gasteiger partial charge on any atom is 0.268 e. The zero-order chi connectivity index (χ0) is 79.7. The van der Waals surface area contributed by atoms with Gasteiger partial charge in [0.2, 0.25) is 0 Å². The molecule has 0 saturated carbocycles. The van der Waals surface area contributed by atoms with Crippen LogP contribution in [0.5, 0.6) is 11.5 Å². The Balaban J connectivity index is 0.0000113. The Hall–Kier alpha value is -8.67. The van der Waals surface area contributed by atoms with E-state index in [1.165, 1.54) is 33.4 Å². The van der Waals surface area contributed by atoms with Gasteiger partial charge in [0.15, 0.2) is 8.07 Å². The number of hydrogen-bond donors (Lipinski definition) is 0. The number of nitrogens with zero attached hydrogens (tertiary/aromatic N) is 4. The molecule has 10 aromatic carbocycles. The van der Waals surface area contributed by atoms with E-state index in [-0.39, 0.29) is 93.8 Å². The minimum atomic E-state index is -6.02. The number of ether oxygens (including phenoxy) is 1. The minimum Gasteiger partial charge on any atom is -0.510 e. The molecule has 0 unspecified atom stereocenters. The third-order valence-electron chi connectivity index (χ3n) is 14.1. The van der Waals surface area contributed by atoms with Crippen LogP contribution in [0, 0.1) is 25.3 Å². The van der Waals surface area contributed by atoms with Crippen LogP contribution in [0.15, 0.2) is 248 Å². The summed E-state index contributed by atoms with van der Waals surface area (Å²) in [5.74, 6) is 0.109. The molecule has 0 amide bonds. The summed E-state index contributed by atoms with van der Waals surface area (Å²) in [6.45, 7) is 8.03. The minimum absolute atomic E-state index is 0. The van der Waals surface area contributed by atoms with Crippen molar-refractivity contribution < 1.29 is 68.8 Å². The van der Waals surface area contributed by atoms with Gasteiger partial charge >= 0.3 is 0 Å². The summed E-state index contributed by atoms with van der Waals surface area (Å²) in [6.07, 6.45) is 4.60. The van der Waals surface area contributed by atoms with Crippen LogP contribution in [0.4, 0.5) is 0 Å². The van der Waals surface area contributed by atoms with Gasteiger partial charge in [-0.05, 0) is 101 Å². The monoisotopic (exact) mass is 1290 g/mol. The fraction of sp³-hybridized carbons (Fsp3) is 0.120. The average Bonchev–Trinajstić information content (AvgIpc) is 0.746. The number of rotatable bonds is 11. The second-order valence-electron chi connectivity index (χ2n) is 21.2. The number of para-hydroxylation sites is 1. The largest absolute Gasteiger partial charge is 0.510 e. The van der Waals surface area contributed by atoms with Gasteiger partial charge in [-0.15, -0.1) is 29.7 Å². The second-order valence-corrected chi connectivity index (χ2v) is 24.7. The number of aromatic nitrogens is 4. The molecular weight excluding hydrogens is 1200 g/mol. The van der Waals surface area contributed by atoms with Gasteiger partial charge in [-0.25, -0.2) is 4.98 Å². The van der Waals surface area contributed by atoms with E-state index in [0.717, 1.165) is 6.20 Å². The van der Waals surface area contributed by atoms with Crippen LogP contribution in [0.1, 0.15) is 96.6 Å². The Kier molecular flexibility index (Phi) is 8.03. The van der Waals surface area contributed by atoms with E-state index in [9.17, 15) is 19.2 Å². The molecule has 13 aromatic rings. The van der Waals surface area contributed by atoms with Crippen LogP contribution >= 0.6 is 0 Å². The number of imidazole rings is 1. The molecule has 0 aliphatic rings. The number of hydrogen-bond acceptors (Lipinski definition) is 2. The van der Waals surface area contributed by atoms with Gasteiger partial charge in [-0.3, -0.25) is 4.57 Å². The number of aryl methyl sites for hydroxylation is 1. The van der Waals surface area contributed by atoms with Crippen molar-refractivity contribution in [1.29, 1.82) is 0 Å². The normalized spacial score (nSPS) is 17.0. The first-order chi connectivity index (χ1) is 50.9. The Morgan fingerprint density at radius 2 is 1.17 bits per heavy atom. The van der Waals surface area contributed by atoms with Crippen molar-refractivity contribution >= 4 is 61.7 Å².